The molecule has 0 radical (unpaired) electrons. The monoisotopic (exact) mass is 414 g/mol. The summed E-state index contributed by atoms with van der Waals surface area (Å²) in [5, 5.41) is 11.6. The van der Waals surface area contributed by atoms with Gasteiger partial charge in [0.2, 0.25) is 11.8 Å². The summed E-state index contributed by atoms with van der Waals surface area (Å²) in [5.41, 5.74) is 2.03. The Kier molecular flexibility index (Phi) is 5.67. The maximum Gasteiger partial charge on any atom is 0.247 e. The highest BCUT2D eigenvalue weighted by atomic mass is 32.1. The molecule has 154 valence electrons. The molecule has 29 heavy (non-hydrogen) atoms. The molecule has 0 bridgehead atoms. The Morgan fingerprint density at radius 3 is 2.69 bits per heavy atom. The minimum absolute atomic E-state index is 0.0196. The van der Waals surface area contributed by atoms with Gasteiger partial charge in [-0.2, -0.15) is 0 Å². The van der Waals surface area contributed by atoms with Crippen molar-refractivity contribution in [1.82, 2.24) is 20.1 Å². The molecule has 7 nitrogen and oxygen atoms in total. The molecular formula is C21H26N4O3S. The maximum atomic E-state index is 5.98. The van der Waals surface area contributed by atoms with Gasteiger partial charge in [-0.15, -0.1) is 21.5 Å². The topological polar surface area (TPSA) is 73.5 Å². The molecule has 1 saturated heterocycles. The van der Waals surface area contributed by atoms with Crippen molar-refractivity contribution in [2.45, 2.75) is 38.8 Å². The van der Waals surface area contributed by atoms with Crippen molar-refractivity contribution in [2.75, 3.05) is 26.8 Å². The highest BCUT2D eigenvalue weighted by molar-refractivity contribution is 7.09. The molecule has 1 aliphatic rings. The Morgan fingerprint density at radius 2 is 2.00 bits per heavy atom. The number of rotatable bonds is 5. The van der Waals surface area contributed by atoms with Gasteiger partial charge in [-0.05, 0) is 24.3 Å². The molecule has 1 aromatic carbocycles. The Labute approximate surface area is 174 Å². The lowest BCUT2D eigenvalue weighted by molar-refractivity contribution is -0.0353. The third-order valence-corrected chi connectivity index (χ3v) is 5.82. The summed E-state index contributed by atoms with van der Waals surface area (Å²) in [4.78, 5) is 7.09. The highest BCUT2D eigenvalue weighted by Crippen LogP contribution is 2.30. The zero-order valence-corrected chi connectivity index (χ0v) is 18.0. The van der Waals surface area contributed by atoms with Crippen molar-refractivity contribution in [3.8, 4) is 17.2 Å². The van der Waals surface area contributed by atoms with Gasteiger partial charge in [0, 0.05) is 29.4 Å². The van der Waals surface area contributed by atoms with Gasteiger partial charge >= 0.3 is 0 Å². The van der Waals surface area contributed by atoms with E-state index in [0.29, 0.717) is 24.9 Å². The van der Waals surface area contributed by atoms with Crippen molar-refractivity contribution in [2.24, 2.45) is 0 Å². The van der Waals surface area contributed by atoms with Crippen molar-refractivity contribution < 1.29 is 13.9 Å². The SMILES string of the molecule is COc1ccc(-c2nnc(CN3CCOC(c4nc(C(C)(C)C)cs4)C3)o2)cc1. The molecule has 1 aliphatic heterocycles. The number of morpholine rings is 1. The summed E-state index contributed by atoms with van der Waals surface area (Å²) in [6, 6.07) is 7.59. The van der Waals surface area contributed by atoms with E-state index in [-0.39, 0.29) is 11.5 Å². The first-order valence-electron chi connectivity index (χ1n) is 9.69. The lowest BCUT2D eigenvalue weighted by Crippen LogP contribution is -2.37. The quantitative estimate of drug-likeness (QED) is 0.623. The number of thiazole rings is 1. The predicted molar refractivity (Wildman–Crippen MR) is 111 cm³/mol. The normalized spacial score (nSPS) is 18.1. The van der Waals surface area contributed by atoms with E-state index in [0.717, 1.165) is 35.1 Å². The molecule has 3 aromatic rings. The average molecular weight is 415 g/mol. The highest BCUT2D eigenvalue weighted by Gasteiger charge is 2.27. The molecule has 4 rings (SSSR count). The van der Waals surface area contributed by atoms with E-state index in [1.165, 1.54) is 0 Å². The fraction of sp³-hybridized carbons (Fsp3) is 0.476. The van der Waals surface area contributed by atoms with Crippen molar-refractivity contribution in [3.63, 3.8) is 0 Å². The summed E-state index contributed by atoms with van der Waals surface area (Å²) in [6.07, 6.45) is -0.0196. The molecule has 0 N–H and O–H groups in total. The zero-order valence-electron chi connectivity index (χ0n) is 17.2. The lowest BCUT2D eigenvalue weighted by Gasteiger charge is -2.30. The van der Waals surface area contributed by atoms with Crippen LogP contribution in [-0.2, 0) is 16.7 Å². The number of nitrogens with zero attached hydrogens (tertiary/aromatic N) is 4. The first kappa shape index (κ1) is 20.0. The summed E-state index contributed by atoms with van der Waals surface area (Å²) in [7, 11) is 1.64. The van der Waals surface area contributed by atoms with Gasteiger partial charge in [-0.1, -0.05) is 20.8 Å². The molecule has 2 aromatic heterocycles. The molecule has 0 spiro atoms. The van der Waals surface area contributed by atoms with Gasteiger partial charge in [-0.25, -0.2) is 4.98 Å². The third kappa shape index (κ3) is 4.66. The Hall–Kier alpha value is -2.29. The standard InChI is InChI=1S/C21H26N4O3S/c1-21(2,3)17-13-29-20(22-17)16-11-25(9-10-27-16)12-18-23-24-19(28-18)14-5-7-15(26-4)8-6-14/h5-8,13,16H,9-12H2,1-4H3. The van der Waals surface area contributed by atoms with E-state index >= 15 is 0 Å². The van der Waals surface area contributed by atoms with Gasteiger partial charge < -0.3 is 13.9 Å². The lowest BCUT2D eigenvalue weighted by atomic mass is 9.93. The fourth-order valence-electron chi connectivity index (χ4n) is 3.13. The number of hydrogen-bond donors (Lipinski definition) is 0. The van der Waals surface area contributed by atoms with Crippen molar-refractivity contribution in [3.05, 3.63) is 46.2 Å². The van der Waals surface area contributed by atoms with Crippen LogP contribution in [0, 0.1) is 0 Å². The van der Waals surface area contributed by atoms with Gasteiger partial charge in [0.1, 0.15) is 16.9 Å². The summed E-state index contributed by atoms with van der Waals surface area (Å²) in [5.74, 6) is 1.91. The van der Waals surface area contributed by atoms with Gasteiger partial charge in [0.25, 0.3) is 0 Å². The predicted octanol–water partition coefficient (Wildman–Crippen LogP) is 4.07. The van der Waals surface area contributed by atoms with E-state index < -0.39 is 0 Å². The van der Waals surface area contributed by atoms with Gasteiger partial charge in [0.15, 0.2) is 0 Å². The van der Waals surface area contributed by atoms with Crippen LogP contribution in [0.25, 0.3) is 11.5 Å². The van der Waals surface area contributed by atoms with Crippen LogP contribution in [0.4, 0.5) is 0 Å². The Morgan fingerprint density at radius 1 is 1.21 bits per heavy atom. The molecular weight excluding hydrogens is 388 g/mol. The number of aromatic nitrogens is 3. The Balaban J connectivity index is 1.41. The van der Waals surface area contributed by atoms with E-state index in [4.69, 9.17) is 18.9 Å². The maximum absolute atomic E-state index is 5.98. The number of benzene rings is 1. The average Bonchev–Trinajstić information content (AvgIpc) is 3.38. The molecule has 3 heterocycles. The number of methoxy groups -OCH3 is 1. The molecule has 0 amide bonds. The zero-order chi connectivity index (χ0) is 20.4. The Bertz CT molecular complexity index is 945. The number of ether oxygens (including phenoxy) is 2. The van der Waals surface area contributed by atoms with Gasteiger partial charge in [0.05, 0.1) is 26.0 Å². The van der Waals surface area contributed by atoms with Crippen LogP contribution in [0.3, 0.4) is 0 Å². The number of hydrogen-bond acceptors (Lipinski definition) is 8. The first-order valence-corrected chi connectivity index (χ1v) is 10.6. The van der Waals surface area contributed by atoms with Crippen molar-refractivity contribution >= 4 is 11.3 Å². The largest absolute Gasteiger partial charge is 0.497 e. The van der Waals surface area contributed by atoms with Crippen LogP contribution >= 0.6 is 11.3 Å². The van der Waals surface area contributed by atoms with Gasteiger partial charge in [-0.3, -0.25) is 4.90 Å². The van der Waals surface area contributed by atoms with E-state index in [1.54, 1.807) is 18.4 Å². The molecule has 1 unspecified atom stereocenters. The minimum Gasteiger partial charge on any atom is -0.497 e. The van der Waals surface area contributed by atoms with E-state index in [2.05, 4.69) is 41.2 Å². The second kappa shape index (κ2) is 8.22. The summed E-state index contributed by atoms with van der Waals surface area (Å²) < 4.78 is 17.0. The van der Waals surface area contributed by atoms with Crippen LogP contribution in [-0.4, -0.2) is 46.9 Å². The van der Waals surface area contributed by atoms with E-state index in [1.807, 2.05) is 24.3 Å². The summed E-state index contributed by atoms with van der Waals surface area (Å²) in [6.45, 7) is 9.38. The second-order valence-corrected chi connectivity index (χ2v) is 9.03. The first-order chi connectivity index (χ1) is 13.9. The molecule has 1 fully saturated rings. The molecule has 0 aliphatic carbocycles. The van der Waals surface area contributed by atoms with Crippen LogP contribution in [0.15, 0.2) is 34.1 Å². The fourth-order valence-corrected chi connectivity index (χ4v) is 4.22. The smallest absolute Gasteiger partial charge is 0.247 e. The van der Waals surface area contributed by atoms with Crippen LogP contribution < -0.4 is 4.74 Å². The molecule has 0 saturated carbocycles. The second-order valence-electron chi connectivity index (χ2n) is 8.14. The molecule has 8 heteroatoms. The minimum atomic E-state index is -0.0196. The summed E-state index contributed by atoms with van der Waals surface area (Å²) >= 11 is 1.67. The molecule has 1 atom stereocenters. The van der Waals surface area contributed by atoms with E-state index in [9.17, 15) is 0 Å². The van der Waals surface area contributed by atoms with Crippen LogP contribution in [0.2, 0.25) is 0 Å². The van der Waals surface area contributed by atoms with Crippen LogP contribution in [0.5, 0.6) is 5.75 Å². The van der Waals surface area contributed by atoms with Crippen molar-refractivity contribution in [1.29, 1.82) is 0 Å². The van der Waals surface area contributed by atoms with Crippen LogP contribution in [0.1, 0.15) is 43.5 Å². The third-order valence-electron chi connectivity index (χ3n) is 4.88.